The highest BCUT2D eigenvalue weighted by Gasteiger charge is 2.31. The molecule has 0 amide bonds. The molecule has 0 spiro atoms. The SMILES string of the molecule is CC(C)CNc1ccccc1CNS(=O)(=O)c1ccc(OC(F)(F)F)cc1. The van der Waals surface area contributed by atoms with E-state index in [9.17, 15) is 21.6 Å². The first-order chi connectivity index (χ1) is 12.6. The van der Waals surface area contributed by atoms with Gasteiger partial charge in [0.2, 0.25) is 10.0 Å². The number of para-hydroxylation sites is 1. The maximum Gasteiger partial charge on any atom is 0.573 e. The Kier molecular flexibility index (Phi) is 6.72. The van der Waals surface area contributed by atoms with Crippen LogP contribution in [0.1, 0.15) is 19.4 Å². The van der Waals surface area contributed by atoms with Crippen molar-refractivity contribution in [2.45, 2.75) is 31.7 Å². The number of rotatable bonds is 8. The summed E-state index contributed by atoms with van der Waals surface area (Å²) in [6.07, 6.45) is -4.83. The van der Waals surface area contributed by atoms with Crippen LogP contribution >= 0.6 is 0 Å². The van der Waals surface area contributed by atoms with Crippen LogP contribution in [0.2, 0.25) is 0 Å². The summed E-state index contributed by atoms with van der Waals surface area (Å²) < 4.78 is 67.5. The molecule has 0 saturated carbocycles. The lowest BCUT2D eigenvalue weighted by molar-refractivity contribution is -0.274. The van der Waals surface area contributed by atoms with Crippen LogP contribution in [-0.4, -0.2) is 21.3 Å². The minimum absolute atomic E-state index is 0.0460. The molecule has 0 bridgehead atoms. The van der Waals surface area contributed by atoms with Crippen molar-refractivity contribution in [3.63, 3.8) is 0 Å². The summed E-state index contributed by atoms with van der Waals surface area (Å²) in [7, 11) is -3.88. The first-order valence-corrected chi connectivity index (χ1v) is 9.72. The van der Waals surface area contributed by atoms with E-state index in [0.29, 0.717) is 5.92 Å². The van der Waals surface area contributed by atoms with Crippen LogP contribution in [0.15, 0.2) is 53.4 Å². The van der Waals surface area contributed by atoms with Crippen LogP contribution in [0.25, 0.3) is 0 Å². The van der Waals surface area contributed by atoms with Gasteiger partial charge in [-0.05, 0) is 41.8 Å². The highest BCUT2D eigenvalue weighted by Crippen LogP contribution is 2.24. The Bertz CT molecular complexity index is 851. The summed E-state index contributed by atoms with van der Waals surface area (Å²) in [4.78, 5) is -0.148. The van der Waals surface area contributed by atoms with Crippen LogP contribution in [0, 0.1) is 5.92 Å². The van der Waals surface area contributed by atoms with Gasteiger partial charge in [0.25, 0.3) is 0 Å². The minimum atomic E-state index is -4.83. The first kappa shape index (κ1) is 21.0. The Morgan fingerprint density at radius 3 is 2.26 bits per heavy atom. The van der Waals surface area contributed by atoms with E-state index in [0.717, 1.165) is 42.1 Å². The number of alkyl halides is 3. The predicted molar refractivity (Wildman–Crippen MR) is 96.9 cm³/mol. The molecule has 0 saturated heterocycles. The molecular formula is C18H21F3N2O3S. The maximum atomic E-state index is 12.4. The van der Waals surface area contributed by atoms with Crippen molar-refractivity contribution < 1.29 is 26.3 Å². The molecule has 0 aromatic heterocycles. The predicted octanol–water partition coefficient (Wildman–Crippen LogP) is 4.13. The minimum Gasteiger partial charge on any atom is -0.406 e. The summed E-state index contributed by atoms with van der Waals surface area (Å²) in [5.41, 5.74) is 1.58. The lowest BCUT2D eigenvalue weighted by atomic mass is 10.1. The van der Waals surface area contributed by atoms with Crippen LogP contribution in [0.5, 0.6) is 5.75 Å². The molecule has 0 fully saturated rings. The normalized spacial score (nSPS) is 12.2. The van der Waals surface area contributed by atoms with Crippen molar-refractivity contribution in [2.24, 2.45) is 5.92 Å². The Hall–Kier alpha value is -2.26. The number of hydrogen-bond donors (Lipinski definition) is 2. The van der Waals surface area contributed by atoms with E-state index in [1.165, 1.54) is 0 Å². The summed E-state index contributed by atoms with van der Waals surface area (Å²) in [5, 5.41) is 3.26. The van der Waals surface area contributed by atoms with Crippen molar-refractivity contribution in [3.05, 3.63) is 54.1 Å². The number of benzene rings is 2. The second-order valence-corrected chi connectivity index (χ2v) is 8.04. The number of sulfonamides is 1. The Balaban J connectivity index is 2.07. The third kappa shape index (κ3) is 6.76. The monoisotopic (exact) mass is 402 g/mol. The third-order valence-corrected chi connectivity index (χ3v) is 4.96. The Labute approximate surface area is 156 Å². The second kappa shape index (κ2) is 8.62. The van der Waals surface area contributed by atoms with Gasteiger partial charge in [-0.25, -0.2) is 13.1 Å². The van der Waals surface area contributed by atoms with Gasteiger partial charge in [-0.2, -0.15) is 0 Å². The molecule has 0 aliphatic carbocycles. The fraction of sp³-hybridized carbons (Fsp3) is 0.333. The number of anilines is 1. The zero-order valence-electron chi connectivity index (χ0n) is 14.9. The molecule has 148 valence electrons. The Morgan fingerprint density at radius 1 is 1.04 bits per heavy atom. The number of nitrogens with one attached hydrogen (secondary N) is 2. The summed E-state index contributed by atoms with van der Waals surface area (Å²) in [6.45, 7) is 4.91. The van der Waals surface area contributed by atoms with Crippen molar-refractivity contribution in [1.82, 2.24) is 4.72 Å². The molecule has 0 atom stereocenters. The molecule has 5 nitrogen and oxygen atoms in total. The fourth-order valence-electron chi connectivity index (χ4n) is 2.24. The van der Waals surface area contributed by atoms with Gasteiger partial charge >= 0.3 is 6.36 Å². The molecule has 27 heavy (non-hydrogen) atoms. The largest absolute Gasteiger partial charge is 0.573 e. The third-order valence-electron chi connectivity index (χ3n) is 3.54. The van der Waals surface area contributed by atoms with E-state index in [2.05, 4.69) is 28.6 Å². The highest BCUT2D eigenvalue weighted by molar-refractivity contribution is 7.89. The molecule has 2 aromatic carbocycles. The topological polar surface area (TPSA) is 67.4 Å². The lowest BCUT2D eigenvalue weighted by Crippen LogP contribution is -2.24. The molecular weight excluding hydrogens is 381 g/mol. The van der Waals surface area contributed by atoms with Crippen molar-refractivity contribution in [3.8, 4) is 5.75 Å². The maximum absolute atomic E-state index is 12.4. The smallest absolute Gasteiger partial charge is 0.406 e. The van der Waals surface area contributed by atoms with E-state index >= 15 is 0 Å². The molecule has 0 heterocycles. The van der Waals surface area contributed by atoms with Gasteiger partial charge in [0.15, 0.2) is 0 Å². The molecule has 2 rings (SSSR count). The number of hydrogen-bond acceptors (Lipinski definition) is 4. The first-order valence-electron chi connectivity index (χ1n) is 8.24. The van der Waals surface area contributed by atoms with Gasteiger partial charge in [0, 0.05) is 18.8 Å². The molecule has 2 N–H and O–H groups in total. The van der Waals surface area contributed by atoms with Crippen LogP contribution in [0.4, 0.5) is 18.9 Å². The van der Waals surface area contributed by atoms with E-state index < -0.39 is 22.1 Å². The fourth-order valence-corrected chi connectivity index (χ4v) is 3.24. The average molecular weight is 402 g/mol. The molecule has 0 radical (unpaired) electrons. The zero-order valence-corrected chi connectivity index (χ0v) is 15.7. The average Bonchev–Trinajstić information content (AvgIpc) is 2.58. The van der Waals surface area contributed by atoms with Gasteiger partial charge < -0.3 is 10.1 Å². The van der Waals surface area contributed by atoms with Crippen molar-refractivity contribution in [2.75, 3.05) is 11.9 Å². The van der Waals surface area contributed by atoms with Gasteiger partial charge in [-0.3, -0.25) is 0 Å². The van der Waals surface area contributed by atoms with Crippen LogP contribution in [-0.2, 0) is 16.6 Å². The van der Waals surface area contributed by atoms with Crippen molar-refractivity contribution >= 4 is 15.7 Å². The van der Waals surface area contributed by atoms with Gasteiger partial charge in [-0.1, -0.05) is 32.0 Å². The molecule has 0 unspecified atom stereocenters. The van der Waals surface area contributed by atoms with E-state index in [1.807, 2.05) is 12.1 Å². The highest BCUT2D eigenvalue weighted by atomic mass is 32.2. The molecule has 0 aliphatic heterocycles. The molecule has 2 aromatic rings. The number of ether oxygens (including phenoxy) is 1. The van der Waals surface area contributed by atoms with Gasteiger partial charge in [0.1, 0.15) is 5.75 Å². The standard InChI is InChI=1S/C18H21F3N2O3S/c1-13(2)11-22-17-6-4-3-5-14(17)12-23-27(24,25)16-9-7-15(8-10-16)26-18(19,20)21/h3-10,13,22-23H,11-12H2,1-2H3. The Morgan fingerprint density at radius 2 is 1.67 bits per heavy atom. The summed E-state index contributed by atoms with van der Waals surface area (Å²) >= 11 is 0. The van der Waals surface area contributed by atoms with Gasteiger partial charge in [-0.15, -0.1) is 13.2 Å². The molecule has 0 aliphatic rings. The molecule has 9 heteroatoms. The van der Waals surface area contributed by atoms with Gasteiger partial charge in [0.05, 0.1) is 4.90 Å². The van der Waals surface area contributed by atoms with Crippen LogP contribution in [0.3, 0.4) is 0 Å². The summed E-state index contributed by atoms with van der Waals surface area (Å²) in [6, 6.07) is 11.3. The summed E-state index contributed by atoms with van der Waals surface area (Å²) in [5.74, 6) is -0.0585. The van der Waals surface area contributed by atoms with E-state index in [1.54, 1.807) is 12.1 Å². The quantitative estimate of drug-likeness (QED) is 0.697. The lowest BCUT2D eigenvalue weighted by Gasteiger charge is -2.14. The van der Waals surface area contributed by atoms with Crippen molar-refractivity contribution in [1.29, 1.82) is 0 Å². The zero-order chi connectivity index (χ0) is 20.1. The van der Waals surface area contributed by atoms with Crippen LogP contribution < -0.4 is 14.8 Å². The number of halogens is 3. The second-order valence-electron chi connectivity index (χ2n) is 6.28. The van der Waals surface area contributed by atoms with E-state index in [4.69, 9.17) is 0 Å². The van der Waals surface area contributed by atoms with E-state index in [-0.39, 0.29) is 11.4 Å².